The number of amides is 3. The van der Waals surface area contributed by atoms with Crippen molar-refractivity contribution in [3.05, 3.63) is 143 Å². The van der Waals surface area contributed by atoms with Crippen molar-refractivity contribution in [1.29, 1.82) is 0 Å². The molecule has 0 aliphatic carbocycles. The molecule has 0 aromatic heterocycles. The molecule has 224 valence electrons. The fraction of sp³-hybridized carbons (Fsp3) is 0.250. The molecule has 8 heteroatoms. The Balaban J connectivity index is 1.18. The van der Waals surface area contributed by atoms with Crippen molar-refractivity contribution >= 4 is 17.7 Å². The van der Waals surface area contributed by atoms with Crippen LogP contribution in [0, 0.1) is 5.82 Å². The highest BCUT2D eigenvalue weighted by atomic mass is 19.1. The molecule has 3 amide bonds. The van der Waals surface area contributed by atoms with Crippen LogP contribution in [-0.4, -0.2) is 71.2 Å². The summed E-state index contributed by atoms with van der Waals surface area (Å²) in [5, 5.41) is 3.01. The van der Waals surface area contributed by atoms with Gasteiger partial charge in [-0.3, -0.25) is 29.1 Å². The van der Waals surface area contributed by atoms with Crippen molar-refractivity contribution < 1.29 is 18.8 Å². The van der Waals surface area contributed by atoms with Gasteiger partial charge in [0.15, 0.2) is 0 Å². The zero-order valence-corrected chi connectivity index (χ0v) is 24.4. The lowest BCUT2D eigenvalue weighted by Crippen LogP contribution is -2.56. The van der Waals surface area contributed by atoms with Crippen LogP contribution in [0.3, 0.4) is 0 Å². The van der Waals surface area contributed by atoms with Crippen LogP contribution in [0.2, 0.25) is 0 Å². The van der Waals surface area contributed by atoms with E-state index in [9.17, 15) is 18.8 Å². The van der Waals surface area contributed by atoms with E-state index in [2.05, 4.69) is 63.6 Å². The van der Waals surface area contributed by atoms with E-state index in [1.807, 2.05) is 12.1 Å². The first-order chi connectivity index (χ1) is 21.5. The van der Waals surface area contributed by atoms with Gasteiger partial charge in [-0.25, -0.2) is 4.39 Å². The molecular formula is C36H35FN4O3. The third-order valence-corrected chi connectivity index (χ3v) is 8.57. The zero-order valence-electron chi connectivity index (χ0n) is 24.4. The van der Waals surface area contributed by atoms with Gasteiger partial charge < -0.3 is 5.32 Å². The van der Waals surface area contributed by atoms with Gasteiger partial charge in [-0.05, 0) is 47.4 Å². The SMILES string of the molecule is O=C(NCc1ccc(F)cc1)C(CCN1C(=O)c2ccccc2C1=O)N1CCN(C(c2ccccc2)c2ccccc2)CC1. The molecule has 44 heavy (non-hydrogen) atoms. The van der Waals surface area contributed by atoms with E-state index < -0.39 is 6.04 Å². The van der Waals surface area contributed by atoms with Gasteiger partial charge in [-0.1, -0.05) is 84.9 Å². The number of fused-ring (bicyclic) bond motifs is 1. The molecule has 2 heterocycles. The maximum atomic E-state index is 13.7. The maximum absolute atomic E-state index is 13.7. The van der Waals surface area contributed by atoms with Crippen molar-refractivity contribution in [2.45, 2.75) is 25.0 Å². The maximum Gasteiger partial charge on any atom is 0.261 e. The minimum Gasteiger partial charge on any atom is -0.351 e. The number of hydrogen-bond donors (Lipinski definition) is 1. The largest absolute Gasteiger partial charge is 0.351 e. The molecule has 1 N–H and O–H groups in total. The van der Waals surface area contributed by atoms with E-state index in [4.69, 9.17) is 0 Å². The third-order valence-electron chi connectivity index (χ3n) is 8.57. The van der Waals surface area contributed by atoms with Crippen LogP contribution >= 0.6 is 0 Å². The van der Waals surface area contributed by atoms with E-state index in [0.717, 1.165) is 18.7 Å². The number of benzene rings is 4. The summed E-state index contributed by atoms with van der Waals surface area (Å²) < 4.78 is 13.4. The van der Waals surface area contributed by atoms with Gasteiger partial charge in [0.05, 0.1) is 23.2 Å². The minimum atomic E-state index is -0.547. The first kappa shape index (κ1) is 29.4. The topological polar surface area (TPSA) is 73.0 Å². The summed E-state index contributed by atoms with van der Waals surface area (Å²) in [7, 11) is 0. The molecule has 0 spiro atoms. The molecule has 0 bridgehead atoms. The Morgan fingerprint density at radius 2 is 1.18 bits per heavy atom. The summed E-state index contributed by atoms with van der Waals surface area (Å²) in [5.41, 5.74) is 4.02. The van der Waals surface area contributed by atoms with Gasteiger partial charge in [-0.15, -0.1) is 0 Å². The number of nitrogens with one attached hydrogen (secondary N) is 1. The molecule has 2 aliphatic rings. The lowest BCUT2D eigenvalue weighted by Gasteiger charge is -2.42. The Kier molecular flexibility index (Phi) is 8.91. The van der Waals surface area contributed by atoms with Crippen molar-refractivity contribution in [3.63, 3.8) is 0 Å². The number of imide groups is 1. The summed E-state index contributed by atoms with van der Waals surface area (Å²) in [4.78, 5) is 45.6. The molecule has 1 unspecified atom stereocenters. The van der Waals surface area contributed by atoms with Crippen LogP contribution in [0.5, 0.6) is 0 Å². The summed E-state index contributed by atoms with van der Waals surface area (Å²) in [6.07, 6.45) is 0.307. The smallest absolute Gasteiger partial charge is 0.261 e. The van der Waals surface area contributed by atoms with Crippen molar-refractivity contribution in [2.75, 3.05) is 32.7 Å². The van der Waals surface area contributed by atoms with Gasteiger partial charge >= 0.3 is 0 Å². The number of piperazine rings is 1. The number of halogens is 1. The van der Waals surface area contributed by atoms with Gasteiger partial charge in [-0.2, -0.15) is 0 Å². The van der Waals surface area contributed by atoms with E-state index in [1.54, 1.807) is 36.4 Å². The first-order valence-corrected chi connectivity index (χ1v) is 15.0. The Morgan fingerprint density at radius 1 is 0.682 bits per heavy atom. The summed E-state index contributed by atoms with van der Waals surface area (Å²) in [5.74, 6) is -1.16. The normalized spacial score (nSPS) is 16.3. The molecule has 7 nitrogen and oxygen atoms in total. The lowest BCUT2D eigenvalue weighted by atomic mass is 9.96. The molecule has 6 rings (SSSR count). The summed E-state index contributed by atoms with van der Waals surface area (Å²) >= 11 is 0. The zero-order chi connectivity index (χ0) is 30.5. The highest BCUT2D eigenvalue weighted by molar-refractivity contribution is 6.21. The first-order valence-electron chi connectivity index (χ1n) is 15.0. The van der Waals surface area contributed by atoms with E-state index in [-0.39, 0.29) is 42.7 Å². The average Bonchev–Trinajstić information content (AvgIpc) is 3.31. The monoisotopic (exact) mass is 590 g/mol. The van der Waals surface area contributed by atoms with Gasteiger partial charge in [0.25, 0.3) is 11.8 Å². The average molecular weight is 591 g/mol. The molecule has 2 aliphatic heterocycles. The number of carbonyl (C=O) groups excluding carboxylic acids is 3. The van der Waals surface area contributed by atoms with Crippen LogP contribution in [0.15, 0.2) is 109 Å². The molecule has 4 aromatic carbocycles. The van der Waals surface area contributed by atoms with E-state index in [0.29, 0.717) is 30.6 Å². The Labute approximate surface area is 256 Å². The predicted molar refractivity (Wildman–Crippen MR) is 166 cm³/mol. The van der Waals surface area contributed by atoms with Crippen molar-refractivity contribution in [2.24, 2.45) is 0 Å². The van der Waals surface area contributed by atoms with Gasteiger partial charge in [0.2, 0.25) is 5.91 Å². The molecule has 0 radical (unpaired) electrons. The fourth-order valence-electron chi connectivity index (χ4n) is 6.27. The number of nitrogens with zero attached hydrogens (tertiary/aromatic N) is 3. The Bertz CT molecular complexity index is 1530. The quantitative estimate of drug-likeness (QED) is 0.266. The third kappa shape index (κ3) is 6.32. The van der Waals surface area contributed by atoms with Crippen molar-refractivity contribution in [3.8, 4) is 0 Å². The Morgan fingerprint density at radius 3 is 1.73 bits per heavy atom. The number of hydrogen-bond acceptors (Lipinski definition) is 5. The van der Waals surface area contributed by atoms with Crippen LogP contribution < -0.4 is 5.32 Å². The van der Waals surface area contributed by atoms with Crippen LogP contribution in [-0.2, 0) is 11.3 Å². The summed E-state index contributed by atoms with van der Waals surface area (Å²) in [6, 6.07) is 33.3. The molecule has 1 fully saturated rings. The Hall–Kier alpha value is -4.66. The van der Waals surface area contributed by atoms with Crippen molar-refractivity contribution in [1.82, 2.24) is 20.0 Å². The number of carbonyl (C=O) groups is 3. The van der Waals surface area contributed by atoms with Crippen LogP contribution in [0.4, 0.5) is 4.39 Å². The standard InChI is InChI=1S/C36H35FN4O3/c37-29-17-15-26(16-18-29)25-38-34(42)32(19-20-41-35(43)30-13-7-8-14-31(30)36(41)44)39-21-23-40(24-22-39)33(27-9-3-1-4-10-27)28-11-5-2-6-12-28/h1-18,32-33H,19-25H2,(H,38,42). The molecule has 1 atom stereocenters. The highest BCUT2D eigenvalue weighted by Gasteiger charge is 2.37. The minimum absolute atomic E-state index is 0.0867. The second-order valence-corrected chi connectivity index (χ2v) is 11.3. The fourth-order valence-corrected chi connectivity index (χ4v) is 6.27. The van der Waals surface area contributed by atoms with Crippen LogP contribution in [0.25, 0.3) is 0 Å². The van der Waals surface area contributed by atoms with Gasteiger partial charge in [0, 0.05) is 39.3 Å². The number of rotatable bonds is 10. The molecule has 4 aromatic rings. The second kappa shape index (κ2) is 13.3. The lowest BCUT2D eigenvalue weighted by molar-refractivity contribution is -0.127. The highest BCUT2D eigenvalue weighted by Crippen LogP contribution is 2.30. The van der Waals surface area contributed by atoms with E-state index >= 15 is 0 Å². The molecule has 0 saturated carbocycles. The van der Waals surface area contributed by atoms with Gasteiger partial charge in [0.1, 0.15) is 5.82 Å². The second-order valence-electron chi connectivity index (χ2n) is 11.3. The predicted octanol–water partition coefficient (Wildman–Crippen LogP) is 4.90. The summed E-state index contributed by atoms with van der Waals surface area (Å²) in [6.45, 7) is 3.16. The molecular weight excluding hydrogens is 555 g/mol. The van der Waals surface area contributed by atoms with E-state index in [1.165, 1.54) is 28.2 Å². The molecule has 1 saturated heterocycles. The van der Waals surface area contributed by atoms with Crippen LogP contribution in [0.1, 0.15) is 49.9 Å².